The van der Waals surface area contributed by atoms with E-state index in [0.29, 0.717) is 17.6 Å². The van der Waals surface area contributed by atoms with Crippen molar-refractivity contribution in [1.29, 1.82) is 5.26 Å². The highest BCUT2D eigenvalue weighted by molar-refractivity contribution is 6.29. The van der Waals surface area contributed by atoms with Crippen molar-refractivity contribution >= 4 is 17.4 Å². The van der Waals surface area contributed by atoms with E-state index in [-0.39, 0.29) is 0 Å². The van der Waals surface area contributed by atoms with Crippen LogP contribution < -0.4 is 4.90 Å². The SMILES string of the molecule is N#CCCN(c1ccc(Cl)nn1)C1CC1. The molecule has 0 spiro atoms. The Balaban J connectivity index is 2.10. The maximum Gasteiger partial charge on any atom is 0.151 e. The first-order chi connectivity index (χ1) is 7.31. The molecule has 1 aliphatic carbocycles. The van der Waals surface area contributed by atoms with Crippen LogP contribution in [0.1, 0.15) is 19.3 Å². The number of nitriles is 1. The second kappa shape index (κ2) is 4.45. The number of nitrogens with zero attached hydrogens (tertiary/aromatic N) is 4. The van der Waals surface area contributed by atoms with E-state index < -0.39 is 0 Å². The number of aromatic nitrogens is 2. The molecule has 5 heteroatoms. The number of hydrogen-bond donors (Lipinski definition) is 0. The summed E-state index contributed by atoms with van der Waals surface area (Å²) in [5.41, 5.74) is 0. The fraction of sp³-hybridized carbons (Fsp3) is 0.500. The Hall–Kier alpha value is -1.34. The summed E-state index contributed by atoms with van der Waals surface area (Å²) in [5.74, 6) is 0.817. The Labute approximate surface area is 93.5 Å². The van der Waals surface area contributed by atoms with Gasteiger partial charge in [-0.25, -0.2) is 0 Å². The first-order valence-electron chi connectivity index (χ1n) is 4.94. The van der Waals surface area contributed by atoms with Crippen molar-refractivity contribution in [3.8, 4) is 6.07 Å². The zero-order chi connectivity index (χ0) is 10.7. The van der Waals surface area contributed by atoms with E-state index in [0.717, 1.165) is 12.4 Å². The Bertz CT molecular complexity index is 366. The quantitative estimate of drug-likeness (QED) is 0.782. The Morgan fingerprint density at radius 2 is 2.27 bits per heavy atom. The van der Waals surface area contributed by atoms with Gasteiger partial charge in [0.25, 0.3) is 0 Å². The van der Waals surface area contributed by atoms with E-state index in [4.69, 9.17) is 16.9 Å². The van der Waals surface area contributed by atoms with Crippen molar-refractivity contribution < 1.29 is 0 Å². The van der Waals surface area contributed by atoms with Crippen molar-refractivity contribution in [3.63, 3.8) is 0 Å². The maximum absolute atomic E-state index is 8.57. The summed E-state index contributed by atoms with van der Waals surface area (Å²) in [7, 11) is 0. The summed E-state index contributed by atoms with van der Waals surface area (Å²) in [6.45, 7) is 0.720. The summed E-state index contributed by atoms with van der Waals surface area (Å²) in [4.78, 5) is 2.13. The molecule has 1 saturated carbocycles. The molecule has 1 aromatic rings. The monoisotopic (exact) mass is 222 g/mol. The lowest BCUT2D eigenvalue weighted by Gasteiger charge is -2.21. The Morgan fingerprint density at radius 1 is 1.47 bits per heavy atom. The molecule has 1 fully saturated rings. The Kier molecular flexibility index (Phi) is 3.02. The van der Waals surface area contributed by atoms with Crippen LogP contribution in [-0.4, -0.2) is 22.8 Å². The average Bonchev–Trinajstić information content (AvgIpc) is 3.05. The summed E-state index contributed by atoms with van der Waals surface area (Å²) in [6, 6.07) is 6.26. The van der Waals surface area contributed by atoms with Crippen LogP contribution in [0.3, 0.4) is 0 Å². The molecule has 0 unspecified atom stereocenters. The lowest BCUT2D eigenvalue weighted by atomic mass is 10.3. The molecule has 15 heavy (non-hydrogen) atoms. The normalized spacial score (nSPS) is 14.7. The van der Waals surface area contributed by atoms with Gasteiger partial charge in [0.1, 0.15) is 0 Å². The van der Waals surface area contributed by atoms with Gasteiger partial charge >= 0.3 is 0 Å². The maximum atomic E-state index is 8.57. The minimum Gasteiger partial charge on any atom is -0.351 e. The summed E-state index contributed by atoms with van der Waals surface area (Å²) < 4.78 is 0. The molecule has 1 heterocycles. The van der Waals surface area contributed by atoms with Crippen LogP contribution in [0, 0.1) is 11.3 Å². The van der Waals surface area contributed by atoms with Gasteiger partial charge in [0.05, 0.1) is 12.5 Å². The predicted molar refractivity (Wildman–Crippen MR) is 57.6 cm³/mol. The van der Waals surface area contributed by atoms with E-state index in [2.05, 4.69) is 21.2 Å². The first kappa shape index (κ1) is 10.2. The third-order valence-electron chi connectivity index (χ3n) is 2.36. The summed E-state index contributed by atoms with van der Waals surface area (Å²) in [6.07, 6.45) is 2.87. The molecule has 1 aliphatic rings. The molecule has 1 aromatic heterocycles. The number of rotatable bonds is 4. The van der Waals surface area contributed by atoms with Gasteiger partial charge in [0.15, 0.2) is 11.0 Å². The predicted octanol–water partition coefficient (Wildman–Crippen LogP) is 2.01. The summed E-state index contributed by atoms with van der Waals surface area (Å²) >= 11 is 5.67. The van der Waals surface area contributed by atoms with E-state index >= 15 is 0 Å². The van der Waals surface area contributed by atoms with E-state index in [1.165, 1.54) is 12.8 Å². The van der Waals surface area contributed by atoms with Crippen LogP contribution in [0.2, 0.25) is 5.15 Å². The van der Waals surface area contributed by atoms with Crippen LogP contribution in [0.25, 0.3) is 0 Å². The van der Waals surface area contributed by atoms with Crippen molar-refractivity contribution in [1.82, 2.24) is 10.2 Å². The highest BCUT2D eigenvalue weighted by Crippen LogP contribution is 2.30. The van der Waals surface area contributed by atoms with Crippen molar-refractivity contribution in [2.24, 2.45) is 0 Å². The second-order valence-electron chi connectivity index (χ2n) is 3.55. The zero-order valence-corrected chi connectivity index (χ0v) is 8.98. The molecule has 0 aliphatic heterocycles. The van der Waals surface area contributed by atoms with E-state index in [9.17, 15) is 0 Å². The molecule has 0 aromatic carbocycles. The molecule has 2 rings (SSSR count). The molecular weight excluding hydrogens is 212 g/mol. The lowest BCUT2D eigenvalue weighted by Crippen LogP contribution is -2.27. The molecular formula is C10H11ClN4. The highest BCUT2D eigenvalue weighted by Gasteiger charge is 2.29. The van der Waals surface area contributed by atoms with Gasteiger partial charge in [0.2, 0.25) is 0 Å². The van der Waals surface area contributed by atoms with Crippen LogP contribution >= 0.6 is 11.6 Å². The highest BCUT2D eigenvalue weighted by atomic mass is 35.5. The molecule has 78 valence electrons. The van der Waals surface area contributed by atoms with E-state index in [1.54, 1.807) is 6.07 Å². The largest absolute Gasteiger partial charge is 0.351 e. The Morgan fingerprint density at radius 3 is 2.80 bits per heavy atom. The minimum absolute atomic E-state index is 0.398. The fourth-order valence-electron chi connectivity index (χ4n) is 1.50. The van der Waals surface area contributed by atoms with Crippen LogP contribution in [0.15, 0.2) is 12.1 Å². The molecule has 0 amide bonds. The van der Waals surface area contributed by atoms with Gasteiger partial charge in [-0.15, -0.1) is 10.2 Å². The van der Waals surface area contributed by atoms with E-state index in [1.807, 2.05) is 6.07 Å². The van der Waals surface area contributed by atoms with Gasteiger partial charge in [-0.1, -0.05) is 11.6 Å². The fourth-order valence-corrected chi connectivity index (χ4v) is 1.60. The zero-order valence-electron chi connectivity index (χ0n) is 8.23. The molecule has 4 nitrogen and oxygen atoms in total. The first-order valence-corrected chi connectivity index (χ1v) is 5.32. The van der Waals surface area contributed by atoms with Crippen LogP contribution in [0.4, 0.5) is 5.82 Å². The van der Waals surface area contributed by atoms with Crippen molar-refractivity contribution in [2.75, 3.05) is 11.4 Å². The topological polar surface area (TPSA) is 52.8 Å². The van der Waals surface area contributed by atoms with Crippen molar-refractivity contribution in [3.05, 3.63) is 17.3 Å². The molecule has 0 radical (unpaired) electrons. The van der Waals surface area contributed by atoms with Crippen LogP contribution in [0.5, 0.6) is 0 Å². The number of hydrogen-bond acceptors (Lipinski definition) is 4. The van der Waals surface area contributed by atoms with Crippen molar-refractivity contribution in [2.45, 2.75) is 25.3 Å². The lowest BCUT2D eigenvalue weighted by molar-refractivity contribution is 0.765. The number of anilines is 1. The standard InChI is InChI=1S/C10H11ClN4/c11-9-4-5-10(14-13-9)15(7-1-6-12)8-2-3-8/h4-5,8H,1-3,7H2. The molecule has 0 N–H and O–H groups in total. The second-order valence-corrected chi connectivity index (χ2v) is 3.93. The minimum atomic E-state index is 0.398. The van der Waals surface area contributed by atoms with Crippen LogP contribution in [-0.2, 0) is 0 Å². The molecule has 0 bridgehead atoms. The number of halogens is 1. The van der Waals surface area contributed by atoms with Gasteiger partial charge in [-0.2, -0.15) is 5.26 Å². The van der Waals surface area contributed by atoms with Gasteiger partial charge < -0.3 is 4.90 Å². The van der Waals surface area contributed by atoms with Gasteiger partial charge in [-0.05, 0) is 25.0 Å². The summed E-state index contributed by atoms with van der Waals surface area (Å²) in [5, 5.41) is 16.8. The smallest absolute Gasteiger partial charge is 0.151 e. The average molecular weight is 223 g/mol. The molecule has 0 atom stereocenters. The molecule has 0 saturated heterocycles. The third-order valence-corrected chi connectivity index (χ3v) is 2.57. The van der Waals surface area contributed by atoms with Gasteiger partial charge in [-0.3, -0.25) is 0 Å². The third kappa shape index (κ3) is 2.57. The van der Waals surface area contributed by atoms with Gasteiger partial charge in [0, 0.05) is 12.6 Å².